The first-order valence-corrected chi connectivity index (χ1v) is 14.9. The lowest BCUT2D eigenvalue weighted by atomic mass is 9.77. The molecule has 5 aromatic rings. The minimum atomic E-state index is -1.40. The van der Waals surface area contributed by atoms with Crippen molar-refractivity contribution in [1.82, 2.24) is 19.5 Å². The smallest absolute Gasteiger partial charge is 0.280 e. The highest BCUT2D eigenvalue weighted by Crippen LogP contribution is 2.47. The van der Waals surface area contributed by atoms with Crippen molar-refractivity contribution in [2.24, 2.45) is 5.92 Å². The summed E-state index contributed by atoms with van der Waals surface area (Å²) in [5.41, 5.74) is 1.96. The van der Waals surface area contributed by atoms with E-state index in [2.05, 4.69) is 15.3 Å². The number of nitrogens with zero attached hydrogens (tertiary/aromatic N) is 3. The van der Waals surface area contributed by atoms with Crippen LogP contribution in [0.4, 0.5) is 10.3 Å². The van der Waals surface area contributed by atoms with E-state index in [9.17, 15) is 4.79 Å². The number of nitrogens with one attached hydrogen (secondary N) is 2. The molecule has 3 aromatic carbocycles. The number of aromatic amines is 1. The maximum atomic E-state index is 15.9. The first-order chi connectivity index (χ1) is 21.4. The van der Waals surface area contributed by atoms with Crippen molar-refractivity contribution in [3.63, 3.8) is 0 Å². The van der Waals surface area contributed by atoms with Crippen LogP contribution < -0.4 is 15.6 Å². The van der Waals surface area contributed by atoms with Crippen LogP contribution in [0.2, 0.25) is 0 Å². The second-order valence-corrected chi connectivity index (χ2v) is 11.2. The van der Waals surface area contributed by atoms with Gasteiger partial charge in [0.05, 0.1) is 19.0 Å². The fourth-order valence-corrected chi connectivity index (χ4v) is 6.44. The Balaban J connectivity index is 1.53. The predicted octanol–water partition coefficient (Wildman–Crippen LogP) is 6.94. The van der Waals surface area contributed by atoms with Crippen LogP contribution in [-0.4, -0.2) is 38.4 Å². The number of anilines is 1. The zero-order valence-electron chi connectivity index (χ0n) is 24.6. The van der Waals surface area contributed by atoms with Crippen LogP contribution in [0.5, 0.6) is 5.75 Å². The van der Waals surface area contributed by atoms with E-state index in [-0.39, 0.29) is 17.1 Å². The fraction of sp³-hybridized carbons (Fsp3) is 0.265. The van der Waals surface area contributed by atoms with Crippen molar-refractivity contribution >= 4 is 28.7 Å². The van der Waals surface area contributed by atoms with Gasteiger partial charge in [0.15, 0.2) is 23.6 Å². The van der Waals surface area contributed by atoms with Crippen molar-refractivity contribution in [3.05, 3.63) is 130 Å². The Morgan fingerprint density at radius 1 is 1.07 bits per heavy atom. The second-order valence-electron chi connectivity index (χ2n) is 10.9. The Labute approximate surface area is 259 Å². The van der Waals surface area contributed by atoms with E-state index >= 15 is 4.39 Å². The highest BCUT2D eigenvalue weighted by atomic mass is 35.5. The molecule has 1 saturated heterocycles. The van der Waals surface area contributed by atoms with Gasteiger partial charge < -0.3 is 14.8 Å². The Morgan fingerprint density at radius 2 is 1.68 bits per heavy atom. The molecule has 0 amide bonds. The van der Waals surface area contributed by atoms with Crippen LogP contribution in [-0.2, 0) is 10.3 Å². The van der Waals surface area contributed by atoms with Gasteiger partial charge in [0.2, 0.25) is 5.95 Å². The largest absolute Gasteiger partial charge is 0.497 e. The Bertz CT molecular complexity index is 1790. The van der Waals surface area contributed by atoms with E-state index in [1.807, 2.05) is 91.9 Å². The third kappa shape index (κ3) is 4.86. The number of hydrogen-bond donors (Lipinski definition) is 2. The average molecular weight is 614 g/mol. The van der Waals surface area contributed by atoms with Crippen LogP contribution in [0, 0.1) is 5.92 Å². The number of aromatic nitrogens is 4. The van der Waals surface area contributed by atoms with E-state index in [0.29, 0.717) is 12.2 Å². The van der Waals surface area contributed by atoms with Crippen LogP contribution in [0.15, 0.2) is 108 Å². The normalized spacial score (nSPS) is 22.1. The highest BCUT2D eigenvalue weighted by molar-refractivity contribution is 6.25. The molecule has 0 aliphatic carbocycles. The highest BCUT2D eigenvalue weighted by Gasteiger charge is 2.52. The molecule has 0 bridgehead atoms. The summed E-state index contributed by atoms with van der Waals surface area (Å²) in [4.78, 5) is 25.4. The molecule has 1 aliphatic rings. The van der Waals surface area contributed by atoms with E-state index < -0.39 is 35.0 Å². The number of benzene rings is 3. The predicted molar refractivity (Wildman–Crippen MR) is 170 cm³/mol. The Hall–Kier alpha value is -4.47. The maximum Gasteiger partial charge on any atom is 0.280 e. The van der Waals surface area contributed by atoms with Gasteiger partial charge in [-0.1, -0.05) is 98.2 Å². The summed E-state index contributed by atoms with van der Waals surface area (Å²) in [6.07, 6.45) is 1.15. The first kappa shape index (κ1) is 29.6. The minimum absolute atomic E-state index is 0.0790. The van der Waals surface area contributed by atoms with Crippen molar-refractivity contribution in [1.29, 1.82) is 0 Å². The SMILES string of the molecule is CC[C@@]1(/C=C/Cl)O[C@@H](n2cnc3c(=O)[nH]c(NC(c4ccccc4)(c4ccccc4)c4ccc(OC)cc4)nc32)[C@H](F)[C@@H]1C. The number of alkyl halides is 1. The molecule has 0 unspecified atom stereocenters. The summed E-state index contributed by atoms with van der Waals surface area (Å²) in [7, 11) is 1.62. The molecule has 2 N–H and O–H groups in total. The van der Waals surface area contributed by atoms with Crippen LogP contribution in [0.1, 0.15) is 43.2 Å². The minimum Gasteiger partial charge on any atom is -0.497 e. The van der Waals surface area contributed by atoms with Gasteiger partial charge in [-0.15, -0.1) is 0 Å². The van der Waals surface area contributed by atoms with Gasteiger partial charge in [0.25, 0.3) is 5.56 Å². The topological polar surface area (TPSA) is 94.1 Å². The Kier molecular flexibility index (Phi) is 8.00. The molecule has 0 radical (unpaired) electrons. The molecular weight excluding hydrogens is 581 g/mol. The lowest BCUT2D eigenvalue weighted by molar-refractivity contribution is -0.0603. The maximum absolute atomic E-state index is 15.9. The number of hydrogen-bond acceptors (Lipinski definition) is 6. The summed E-state index contributed by atoms with van der Waals surface area (Å²) in [6, 6.07) is 27.5. The van der Waals surface area contributed by atoms with Crippen molar-refractivity contribution in [2.75, 3.05) is 12.4 Å². The van der Waals surface area contributed by atoms with E-state index in [4.69, 9.17) is 26.1 Å². The number of halogens is 2. The molecule has 1 aliphatic heterocycles. The van der Waals surface area contributed by atoms with Crippen molar-refractivity contribution < 1.29 is 13.9 Å². The molecule has 44 heavy (non-hydrogen) atoms. The average Bonchev–Trinajstić information content (AvgIpc) is 3.60. The molecule has 4 atom stereocenters. The summed E-state index contributed by atoms with van der Waals surface area (Å²) >= 11 is 5.93. The van der Waals surface area contributed by atoms with E-state index in [1.165, 1.54) is 16.4 Å². The fourth-order valence-electron chi connectivity index (χ4n) is 6.23. The number of methoxy groups -OCH3 is 1. The molecule has 226 valence electrons. The third-order valence-electron chi connectivity index (χ3n) is 8.71. The van der Waals surface area contributed by atoms with Crippen LogP contribution in [0.25, 0.3) is 11.2 Å². The van der Waals surface area contributed by atoms with Gasteiger partial charge in [0.1, 0.15) is 11.3 Å². The summed E-state index contributed by atoms with van der Waals surface area (Å²) < 4.78 is 29.1. The zero-order valence-corrected chi connectivity index (χ0v) is 25.3. The summed E-state index contributed by atoms with van der Waals surface area (Å²) in [5.74, 6) is 0.388. The second kappa shape index (κ2) is 11.9. The number of imidazole rings is 1. The van der Waals surface area contributed by atoms with Crippen molar-refractivity contribution in [2.45, 2.75) is 43.8 Å². The van der Waals surface area contributed by atoms with Crippen LogP contribution in [0.3, 0.4) is 0 Å². The molecule has 3 heterocycles. The number of rotatable bonds is 9. The summed E-state index contributed by atoms with van der Waals surface area (Å²) in [5, 5.41) is 3.58. The number of ether oxygens (including phenoxy) is 2. The molecular formula is C34H33ClFN5O3. The zero-order chi connectivity index (χ0) is 30.9. The van der Waals surface area contributed by atoms with Gasteiger partial charge in [-0.05, 0) is 41.3 Å². The first-order valence-electron chi connectivity index (χ1n) is 14.5. The Morgan fingerprint density at radius 3 is 2.25 bits per heavy atom. The van der Waals surface area contributed by atoms with E-state index in [0.717, 1.165) is 16.7 Å². The monoisotopic (exact) mass is 613 g/mol. The lowest BCUT2D eigenvalue weighted by Crippen LogP contribution is -2.39. The molecule has 10 heteroatoms. The van der Waals surface area contributed by atoms with E-state index in [1.54, 1.807) is 20.1 Å². The van der Waals surface area contributed by atoms with Gasteiger partial charge >= 0.3 is 0 Å². The van der Waals surface area contributed by atoms with Gasteiger partial charge in [0, 0.05) is 11.5 Å². The number of H-pyrrole nitrogens is 1. The lowest BCUT2D eigenvalue weighted by Gasteiger charge is -2.37. The van der Waals surface area contributed by atoms with Crippen molar-refractivity contribution in [3.8, 4) is 5.75 Å². The van der Waals surface area contributed by atoms with Crippen LogP contribution >= 0.6 is 11.6 Å². The van der Waals surface area contributed by atoms with Gasteiger partial charge in [-0.2, -0.15) is 4.98 Å². The third-order valence-corrected chi connectivity index (χ3v) is 8.83. The quantitative estimate of drug-likeness (QED) is 0.175. The number of fused-ring (bicyclic) bond motifs is 1. The molecule has 2 aromatic heterocycles. The molecule has 8 nitrogen and oxygen atoms in total. The summed E-state index contributed by atoms with van der Waals surface area (Å²) in [6.45, 7) is 3.71. The molecule has 0 spiro atoms. The standard InChI is InChI=1S/C34H33ClFN5O3/c1-4-33(19-20-35)22(2)27(36)31(44-33)41-21-37-28-29(41)38-32(39-30(28)42)40-34(23-11-7-5-8-12-23,24-13-9-6-10-14-24)25-15-17-26(43-3)18-16-25/h5-22,27,31H,4H2,1-3H3,(H2,38,39,40,42)/b20-19+/t22-,27+,31+,33-/m0/s1. The molecule has 0 saturated carbocycles. The molecule has 1 fully saturated rings. The molecule has 6 rings (SSSR count). The van der Waals surface area contributed by atoms with Gasteiger partial charge in [-0.25, -0.2) is 9.37 Å². The van der Waals surface area contributed by atoms with Gasteiger partial charge in [-0.3, -0.25) is 14.3 Å².